The van der Waals surface area contributed by atoms with Crippen LogP contribution in [0.5, 0.6) is 5.75 Å². The van der Waals surface area contributed by atoms with Gasteiger partial charge in [-0.15, -0.1) is 11.3 Å². The number of nitrogens with zero attached hydrogens (tertiary/aromatic N) is 3. The average molecular weight is 432 g/mol. The lowest BCUT2D eigenvalue weighted by Gasteiger charge is -2.12. The third kappa shape index (κ3) is 3.51. The van der Waals surface area contributed by atoms with Crippen molar-refractivity contribution >= 4 is 17.2 Å². The van der Waals surface area contributed by atoms with Gasteiger partial charge in [-0.05, 0) is 25.1 Å². The van der Waals surface area contributed by atoms with Crippen molar-refractivity contribution < 1.29 is 27.9 Å². The maximum Gasteiger partial charge on any atom is 0.317 e. The van der Waals surface area contributed by atoms with Crippen LogP contribution in [-0.4, -0.2) is 32.7 Å². The molecule has 0 spiro atoms. The van der Waals surface area contributed by atoms with Crippen LogP contribution >= 0.6 is 11.3 Å². The molecule has 3 N–H and O–H groups in total. The molecule has 3 heterocycles. The summed E-state index contributed by atoms with van der Waals surface area (Å²) in [6.45, 7) is 2.08. The molecule has 4 rings (SSSR count). The first kappa shape index (κ1) is 19.9. The number of aliphatic hydroxyl groups is 1. The lowest BCUT2D eigenvalue weighted by atomic mass is 10.0. The fourth-order valence-electron chi connectivity index (χ4n) is 2.76. The number of carbonyl (C=O) groups is 1. The smallest absolute Gasteiger partial charge is 0.317 e. The second kappa shape index (κ2) is 6.86. The summed E-state index contributed by atoms with van der Waals surface area (Å²) in [5.74, 6) is 1.60. The second-order valence-electron chi connectivity index (χ2n) is 6.72. The Balaban J connectivity index is 1.78. The number of rotatable bonds is 2. The SMILES string of the molecule is Cc1nc([C@](C)(O)C#Cc2ccc3c(c2)-c2nc(C(N)=O)sc2C(F)(F)CO3)no1. The van der Waals surface area contributed by atoms with E-state index < -0.39 is 28.9 Å². The van der Waals surface area contributed by atoms with Gasteiger partial charge >= 0.3 is 5.92 Å². The van der Waals surface area contributed by atoms with Crippen molar-refractivity contribution in [2.24, 2.45) is 5.73 Å². The number of nitrogens with two attached hydrogens (primary N) is 1. The number of carbonyl (C=O) groups excluding carboxylic acids is 1. The number of hydrogen-bond donors (Lipinski definition) is 2. The first-order valence-electron chi connectivity index (χ1n) is 8.59. The largest absolute Gasteiger partial charge is 0.486 e. The Labute approximate surface area is 172 Å². The minimum Gasteiger partial charge on any atom is -0.486 e. The molecule has 2 aromatic heterocycles. The molecule has 8 nitrogen and oxygen atoms in total. The maximum absolute atomic E-state index is 14.5. The van der Waals surface area contributed by atoms with Crippen molar-refractivity contribution in [1.82, 2.24) is 15.1 Å². The van der Waals surface area contributed by atoms with Crippen LogP contribution in [-0.2, 0) is 11.5 Å². The zero-order valence-corrected chi connectivity index (χ0v) is 16.5. The zero-order chi connectivity index (χ0) is 21.7. The van der Waals surface area contributed by atoms with Crippen LogP contribution in [0.1, 0.15) is 38.9 Å². The standard InChI is InChI=1S/C19H14F2N4O4S/c1-9-23-17(25-29-9)18(2,27)6-5-10-3-4-12-11(7-10)13-14(19(20,21)8-28-12)30-16(24-13)15(22)26/h3-4,7,27H,8H2,1-2H3,(H2,22,26)/t18-/m1/s1. The molecular weight excluding hydrogens is 418 g/mol. The van der Waals surface area contributed by atoms with Crippen molar-refractivity contribution in [2.45, 2.75) is 25.4 Å². The number of hydrogen-bond acceptors (Lipinski definition) is 8. The average Bonchev–Trinajstić information content (AvgIpc) is 3.30. The number of alkyl halides is 2. The molecule has 1 atom stereocenters. The van der Waals surface area contributed by atoms with E-state index in [4.69, 9.17) is 15.0 Å². The predicted molar refractivity (Wildman–Crippen MR) is 101 cm³/mol. The Morgan fingerprint density at radius 1 is 1.40 bits per heavy atom. The molecule has 0 radical (unpaired) electrons. The summed E-state index contributed by atoms with van der Waals surface area (Å²) in [5, 5.41) is 13.9. The van der Waals surface area contributed by atoms with Crippen molar-refractivity contribution in [1.29, 1.82) is 0 Å². The van der Waals surface area contributed by atoms with E-state index in [0.29, 0.717) is 16.9 Å². The summed E-state index contributed by atoms with van der Waals surface area (Å²) in [5.41, 5.74) is 4.07. The topological polar surface area (TPSA) is 124 Å². The van der Waals surface area contributed by atoms with Crippen LogP contribution in [0.2, 0.25) is 0 Å². The van der Waals surface area contributed by atoms with Gasteiger partial charge in [-0.2, -0.15) is 13.8 Å². The van der Waals surface area contributed by atoms with Crippen molar-refractivity contribution in [3.8, 4) is 28.8 Å². The van der Waals surface area contributed by atoms with E-state index in [0.717, 1.165) is 0 Å². The summed E-state index contributed by atoms with van der Waals surface area (Å²) in [4.78, 5) is 19.0. The Morgan fingerprint density at radius 3 is 2.83 bits per heavy atom. The zero-order valence-electron chi connectivity index (χ0n) is 15.7. The molecule has 1 aliphatic heterocycles. The van der Waals surface area contributed by atoms with Crippen LogP contribution < -0.4 is 10.5 Å². The van der Waals surface area contributed by atoms with Gasteiger partial charge in [0, 0.05) is 18.1 Å². The molecule has 1 aromatic carbocycles. The maximum atomic E-state index is 14.5. The normalized spacial score (nSPS) is 16.2. The van der Waals surface area contributed by atoms with E-state index in [2.05, 4.69) is 27.0 Å². The van der Waals surface area contributed by atoms with Gasteiger partial charge in [0.1, 0.15) is 10.6 Å². The van der Waals surface area contributed by atoms with E-state index in [1.165, 1.54) is 19.1 Å². The highest BCUT2D eigenvalue weighted by atomic mass is 32.1. The van der Waals surface area contributed by atoms with Crippen molar-refractivity contribution in [3.63, 3.8) is 0 Å². The number of benzene rings is 1. The summed E-state index contributed by atoms with van der Waals surface area (Å²) < 4.78 is 39.1. The summed E-state index contributed by atoms with van der Waals surface area (Å²) in [7, 11) is 0. The molecule has 1 aliphatic rings. The summed E-state index contributed by atoms with van der Waals surface area (Å²) in [6, 6.07) is 4.51. The highest BCUT2D eigenvalue weighted by Gasteiger charge is 2.42. The number of fused-ring (bicyclic) bond motifs is 3. The Bertz CT molecular complexity index is 1220. The lowest BCUT2D eigenvalue weighted by molar-refractivity contribution is -0.0412. The molecule has 0 bridgehead atoms. The van der Waals surface area contributed by atoms with Gasteiger partial charge in [0.25, 0.3) is 5.91 Å². The predicted octanol–water partition coefficient (Wildman–Crippen LogP) is 2.34. The first-order valence-corrected chi connectivity index (χ1v) is 9.41. The molecule has 30 heavy (non-hydrogen) atoms. The third-order valence-electron chi connectivity index (χ3n) is 4.23. The second-order valence-corrected chi connectivity index (χ2v) is 7.72. The molecule has 0 saturated heterocycles. The minimum absolute atomic E-state index is 0.00174. The van der Waals surface area contributed by atoms with Gasteiger partial charge < -0.3 is 20.1 Å². The van der Waals surface area contributed by atoms with Gasteiger partial charge in [-0.3, -0.25) is 4.79 Å². The van der Waals surface area contributed by atoms with Crippen molar-refractivity contribution in [2.75, 3.05) is 6.61 Å². The Kier molecular flexibility index (Phi) is 4.56. The molecule has 11 heteroatoms. The molecule has 0 unspecified atom stereocenters. The number of amides is 1. The quantitative estimate of drug-likeness (QED) is 0.596. The molecule has 3 aromatic rings. The van der Waals surface area contributed by atoms with Crippen LogP contribution in [0, 0.1) is 18.8 Å². The van der Waals surface area contributed by atoms with Gasteiger partial charge in [0.15, 0.2) is 17.2 Å². The number of halogens is 2. The third-order valence-corrected chi connectivity index (χ3v) is 5.41. The van der Waals surface area contributed by atoms with E-state index in [-0.39, 0.29) is 33.7 Å². The van der Waals surface area contributed by atoms with Crippen LogP contribution in [0.25, 0.3) is 11.3 Å². The summed E-state index contributed by atoms with van der Waals surface area (Å²) in [6.07, 6.45) is 0. The van der Waals surface area contributed by atoms with E-state index in [1.807, 2.05) is 0 Å². The van der Waals surface area contributed by atoms with Crippen molar-refractivity contribution in [3.05, 3.63) is 45.4 Å². The number of aromatic nitrogens is 3. The van der Waals surface area contributed by atoms with Crippen LogP contribution in [0.15, 0.2) is 22.7 Å². The molecule has 154 valence electrons. The molecule has 1 amide bonds. The number of primary amides is 1. The molecule has 0 fully saturated rings. The van der Waals surface area contributed by atoms with E-state index in [9.17, 15) is 18.7 Å². The fourth-order valence-corrected chi connectivity index (χ4v) is 3.65. The molecule has 0 saturated carbocycles. The monoisotopic (exact) mass is 432 g/mol. The Morgan fingerprint density at radius 2 is 2.17 bits per heavy atom. The number of aryl methyl sites for hydroxylation is 1. The molecular formula is C19H14F2N4O4S. The number of ether oxygens (including phenoxy) is 1. The van der Waals surface area contributed by atoms with E-state index >= 15 is 0 Å². The van der Waals surface area contributed by atoms with Crippen LogP contribution in [0.3, 0.4) is 0 Å². The van der Waals surface area contributed by atoms with Crippen LogP contribution in [0.4, 0.5) is 8.78 Å². The Hall–Kier alpha value is -3.36. The van der Waals surface area contributed by atoms with Gasteiger partial charge in [-0.1, -0.05) is 17.0 Å². The highest BCUT2D eigenvalue weighted by molar-refractivity contribution is 7.14. The van der Waals surface area contributed by atoms with E-state index in [1.54, 1.807) is 13.0 Å². The number of thiazole rings is 1. The summed E-state index contributed by atoms with van der Waals surface area (Å²) >= 11 is 0.532. The molecule has 0 aliphatic carbocycles. The fraction of sp³-hybridized carbons (Fsp3) is 0.263. The minimum atomic E-state index is -3.34. The van der Waals surface area contributed by atoms with Gasteiger partial charge in [-0.25, -0.2) is 4.98 Å². The van der Waals surface area contributed by atoms with Gasteiger partial charge in [0.2, 0.25) is 11.7 Å². The lowest BCUT2D eigenvalue weighted by Crippen LogP contribution is -2.21. The first-order chi connectivity index (χ1) is 14.1. The van der Waals surface area contributed by atoms with Gasteiger partial charge in [0.05, 0.1) is 5.69 Å². The highest BCUT2D eigenvalue weighted by Crippen LogP contribution is 2.46.